The molecule has 33 heavy (non-hydrogen) atoms. The number of carbonyl (C=O) groups excluding carboxylic acids is 2. The number of benzene rings is 2. The van der Waals surface area contributed by atoms with Gasteiger partial charge in [0.15, 0.2) is 0 Å². The van der Waals surface area contributed by atoms with Crippen LogP contribution in [0.1, 0.15) is 46.9 Å². The van der Waals surface area contributed by atoms with Crippen molar-refractivity contribution in [3.05, 3.63) is 53.6 Å². The second-order valence-corrected chi connectivity index (χ2v) is 8.97. The lowest BCUT2D eigenvalue weighted by molar-refractivity contribution is 0.0581. The van der Waals surface area contributed by atoms with Gasteiger partial charge in [0.2, 0.25) is 0 Å². The summed E-state index contributed by atoms with van der Waals surface area (Å²) >= 11 is 0. The second-order valence-electron chi connectivity index (χ2n) is 8.97. The molecule has 3 aliphatic heterocycles. The normalized spacial score (nSPS) is 20.4. The Morgan fingerprint density at radius 3 is 2.45 bits per heavy atom. The number of piperidine rings is 1. The molecule has 0 aliphatic carbocycles. The van der Waals surface area contributed by atoms with E-state index in [0.29, 0.717) is 18.7 Å². The van der Waals surface area contributed by atoms with Gasteiger partial charge in [-0.25, -0.2) is 0 Å². The molecule has 2 fully saturated rings. The molecule has 174 valence electrons. The average Bonchev–Trinajstić information content (AvgIpc) is 2.88. The van der Waals surface area contributed by atoms with Gasteiger partial charge in [0, 0.05) is 50.5 Å². The molecule has 3 aliphatic rings. The van der Waals surface area contributed by atoms with E-state index in [2.05, 4.69) is 28.9 Å². The predicted octanol–water partition coefficient (Wildman–Crippen LogP) is 3.45. The molecule has 2 aromatic rings. The molecule has 2 amide bonds. The quantitative estimate of drug-likeness (QED) is 0.717. The third-order valence-electron chi connectivity index (χ3n) is 7.22. The zero-order valence-electron chi connectivity index (χ0n) is 19.5. The number of hydrogen-bond acceptors (Lipinski definition) is 5. The molecule has 0 aromatic heterocycles. The van der Waals surface area contributed by atoms with Crippen molar-refractivity contribution < 1.29 is 14.3 Å². The van der Waals surface area contributed by atoms with Crippen LogP contribution < -0.4 is 14.5 Å². The Labute approximate surface area is 195 Å². The van der Waals surface area contributed by atoms with Crippen LogP contribution in [0, 0.1) is 0 Å². The number of anilines is 2. The SMILES string of the molecule is CCN1c2cc(C(=O)N3CCN(c4ccc(OC)cc4)CC3)ccc2C(=O)N2CCCC[C@H]21. The molecule has 0 spiro atoms. The Balaban J connectivity index is 1.31. The van der Waals surface area contributed by atoms with Crippen molar-refractivity contribution in [2.75, 3.05) is 56.2 Å². The van der Waals surface area contributed by atoms with Gasteiger partial charge in [-0.1, -0.05) is 0 Å². The standard InChI is InChI=1S/C26H32N4O3/c1-3-29-23-18-19(7-12-22(23)26(32)30-13-5-4-6-24(29)30)25(31)28-16-14-27(15-17-28)20-8-10-21(33-2)11-9-20/h7-12,18,24H,3-6,13-17H2,1-2H3/t24-/m0/s1. The minimum atomic E-state index is 0.0433. The second kappa shape index (κ2) is 8.96. The summed E-state index contributed by atoms with van der Waals surface area (Å²) in [7, 11) is 1.67. The van der Waals surface area contributed by atoms with Crippen LogP contribution in [0.15, 0.2) is 42.5 Å². The molecule has 5 rings (SSSR count). The van der Waals surface area contributed by atoms with Crippen LogP contribution >= 0.6 is 0 Å². The van der Waals surface area contributed by atoms with E-state index >= 15 is 0 Å². The van der Waals surface area contributed by atoms with E-state index in [0.717, 1.165) is 68.1 Å². The topological polar surface area (TPSA) is 56.3 Å². The van der Waals surface area contributed by atoms with Gasteiger partial charge in [0.05, 0.1) is 18.4 Å². The fourth-order valence-electron chi connectivity index (χ4n) is 5.40. The molecule has 2 saturated heterocycles. The van der Waals surface area contributed by atoms with Crippen LogP contribution in [-0.2, 0) is 0 Å². The fourth-order valence-corrected chi connectivity index (χ4v) is 5.40. The average molecular weight is 449 g/mol. The van der Waals surface area contributed by atoms with Crippen molar-refractivity contribution in [1.82, 2.24) is 9.80 Å². The maximum atomic E-state index is 13.3. The molecule has 0 unspecified atom stereocenters. The highest BCUT2D eigenvalue weighted by molar-refractivity contribution is 6.04. The summed E-state index contributed by atoms with van der Waals surface area (Å²) in [5.74, 6) is 0.990. The van der Waals surface area contributed by atoms with E-state index in [1.807, 2.05) is 40.1 Å². The van der Waals surface area contributed by atoms with Gasteiger partial charge in [-0.05, 0) is 68.7 Å². The zero-order valence-corrected chi connectivity index (χ0v) is 19.5. The molecular weight excluding hydrogens is 416 g/mol. The first-order valence-electron chi connectivity index (χ1n) is 12.0. The summed E-state index contributed by atoms with van der Waals surface area (Å²) in [6.45, 7) is 6.69. The van der Waals surface area contributed by atoms with Crippen LogP contribution in [-0.4, -0.2) is 74.2 Å². The van der Waals surface area contributed by atoms with E-state index in [-0.39, 0.29) is 18.0 Å². The van der Waals surface area contributed by atoms with E-state index < -0.39 is 0 Å². The number of piperazine rings is 1. The number of fused-ring (bicyclic) bond motifs is 2. The maximum absolute atomic E-state index is 13.3. The summed E-state index contributed by atoms with van der Waals surface area (Å²) < 4.78 is 5.25. The van der Waals surface area contributed by atoms with E-state index in [4.69, 9.17) is 4.74 Å². The summed E-state index contributed by atoms with van der Waals surface area (Å²) in [5, 5.41) is 0. The Morgan fingerprint density at radius 1 is 1.00 bits per heavy atom. The zero-order chi connectivity index (χ0) is 22.9. The Hall–Kier alpha value is -3.22. The van der Waals surface area contributed by atoms with Crippen LogP contribution in [0.3, 0.4) is 0 Å². The van der Waals surface area contributed by atoms with Crippen molar-refractivity contribution >= 4 is 23.2 Å². The third kappa shape index (κ3) is 3.90. The Bertz CT molecular complexity index is 1030. The van der Waals surface area contributed by atoms with Crippen LogP contribution in [0.2, 0.25) is 0 Å². The van der Waals surface area contributed by atoms with Gasteiger partial charge < -0.3 is 24.3 Å². The number of hydrogen-bond donors (Lipinski definition) is 0. The number of amides is 2. The molecule has 0 bridgehead atoms. The lowest BCUT2D eigenvalue weighted by Crippen LogP contribution is -2.57. The maximum Gasteiger partial charge on any atom is 0.257 e. The largest absolute Gasteiger partial charge is 0.497 e. The molecule has 1 atom stereocenters. The monoisotopic (exact) mass is 448 g/mol. The van der Waals surface area contributed by atoms with Crippen molar-refractivity contribution in [1.29, 1.82) is 0 Å². The number of methoxy groups -OCH3 is 1. The molecule has 0 N–H and O–H groups in total. The minimum absolute atomic E-state index is 0.0433. The van der Waals surface area contributed by atoms with E-state index in [1.165, 1.54) is 0 Å². The molecule has 3 heterocycles. The van der Waals surface area contributed by atoms with Gasteiger partial charge in [-0.3, -0.25) is 9.59 Å². The highest BCUT2D eigenvalue weighted by atomic mass is 16.5. The third-order valence-corrected chi connectivity index (χ3v) is 7.22. The van der Waals surface area contributed by atoms with Gasteiger partial charge in [-0.15, -0.1) is 0 Å². The summed E-state index contributed by atoms with van der Waals surface area (Å²) in [6, 6.07) is 13.7. The molecule has 2 aromatic carbocycles. The van der Waals surface area contributed by atoms with Crippen molar-refractivity contribution in [2.45, 2.75) is 32.4 Å². The van der Waals surface area contributed by atoms with Crippen LogP contribution in [0.5, 0.6) is 5.75 Å². The van der Waals surface area contributed by atoms with Crippen LogP contribution in [0.25, 0.3) is 0 Å². The predicted molar refractivity (Wildman–Crippen MR) is 129 cm³/mol. The Morgan fingerprint density at radius 2 is 1.76 bits per heavy atom. The minimum Gasteiger partial charge on any atom is -0.497 e. The summed E-state index contributed by atoms with van der Waals surface area (Å²) in [6.07, 6.45) is 3.30. The number of rotatable bonds is 4. The number of nitrogens with zero attached hydrogens (tertiary/aromatic N) is 4. The first kappa shape index (κ1) is 21.6. The van der Waals surface area contributed by atoms with Gasteiger partial charge in [0.25, 0.3) is 11.8 Å². The molecule has 7 nitrogen and oxygen atoms in total. The van der Waals surface area contributed by atoms with Crippen molar-refractivity contribution in [2.24, 2.45) is 0 Å². The summed E-state index contributed by atoms with van der Waals surface area (Å²) in [5.41, 5.74) is 3.44. The van der Waals surface area contributed by atoms with E-state index in [1.54, 1.807) is 7.11 Å². The highest BCUT2D eigenvalue weighted by Gasteiger charge is 2.38. The molecule has 0 radical (unpaired) electrons. The first-order chi connectivity index (χ1) is 16.1. The lowest BCUT2D eigenvalue weighted by Gasteiger charge is -2.47. The molecule has 7 heteroatoms. The summed E-state index contributed by atoms with van der Waals surface area (Å²) in [4.78, 5) is 35.0. The van der Waals surface area contributed by atoms with Crippen molar-refractivity contribution in [3.63, 3.8) is 0 Å². The lowest BCUT2D eigenvalue weighted by atomic mass is 9.97. The van der Waals surface area contributed by atoms with Crippen molar-refractivity contribution in [3.8, 4) is 5.75 Å². The highest BCUT2D eigenvalue weighted by Crippen LogP contribution is 2.36. The van der Waals surface area contributed by atoms with Gasteiger partial charge in [-0.2, -0.15) is 0 Å². The smallest absolute Gasteiger partial charge is 0.257 e. The first-order valence-corrected chi connectivity index (χ1v) is 12.0. The Kier molecular flexibility index (Phi) is 5.87. The van der Waals surface area contributed by atoms with Crippen LogP contribution in [0.4, 0.5) is 11.4 Å². The number of ether oxygens (including phenoxy) is 1. The fraction of sp³-hybridized carbons (Fsp3) is 0.462. The van der Waals surface area contributed by atoms with Gasteiger partial charge >= 0.3 is 0 Å². The van der Waals surface area contributed by atoms with E-state index in [9.17, 15) is 9.59 Å². The number of carbonyl (C=O) groups is 2. The molecular formula is C26H32N4O3. The molecule has 0 saturated carbocycles. The van der Waals surface area contributed by atoms with Gasteiger partial charge in [0.1, 0.15) is 11.9 Å².